The predicted octanol–water partition coefficient (Wildman–Crippen LogP) is 0.253. The van der Waals surface area contributed by atoms with Crippen molar-refractivity contribution in [1.29, 1.82) is 0 Å². The summed E-state index contributed by atoms with van der Waals surface area (Å²) in [7, 11) is 0. The number of carbonyl (C=O) groups is 1. The molecule has 20 heavy (non-hydrogen) atoms. The van der Waals surface area contributed by atoms with E-state index >= 15 is 0 Å². The highest BCUT2D eigenvalue weighted by molar-refractivity contribution is 5.91. The number of amides is 1. The van der Waals surface area contributed by atoms with Crippen LogP contribution in [-0.4, -0.2) is 48.2 Å². The lowest BCUT2D eigenvalue weighted by molar-refractivity contribution is 0.0773. The molecule has 0 aromatic carbocycles. The zero-order chi connectivity index (χ0) is 13.1. The van der Waals surface area contributed by atoms with Gasteiger partial charge >= 0.3 is 0 Å². The van der Waals surface area contributed by atoms with Crippen LogP contribution in [0.3, 0.4) is 0 Å². The Kier molecular flexibility index (Phi) is 5.28. The Morgan fingerprint density at radius 3 is 3.20 bits per heavy atom. The van der Waals surface area contributed by atoms with Crippen LogP contribution in [0.15, 0.2) is 18.6 Å². The van der Waals surface area contributed by atoms with Crippen LogP contribution in [0.4, 0.5) is 0 Å². The second-order valence-electron chi connectivity index (χ2n) is 5.09. The summed E-state index contributed by atoms with van der Waals surface area (Å²) >= 11 is 0. The summed E-state index contributed by atoms with van der Waals surface area (Å²) in [6.45, 7) is 3.41. The van der Waals surface area contributed by atoms with Gasteiger partial charge < -0.3 is 15.4 Å². The van der Waals surface area contributed by atoms with E-state index in [9.17, 15) is 4.79 Å². The second kappa shape index (κ2) is 6.97. The molecular formula is C13H19ClN4O2. The zero-order valence-corrected chi connectivity index (χ0v) is 11.9. The first kappa shape index (κ1) is 15.2. The van der Waals surface area contributed by atoms with Gasteiger partial charge in [0.25, 0.3) is 5.91 Å². The average molecular weight is 299 g/mol. The Hall–Kier alpha value is -1.24. The molecule has 0 bridgehead atoms. The average Bonchev–Trinajstić information content (AvgIpc) is 2.89. The van der Waals surface area contributed by atoms with Crippen molar-refractivity contribution in [2.24, 2.45) is 11.8 Å². The van der Waals surface area contributed by atoms with E-state index in [0.717, 1.165) is 19.7 Å². The van der Waals surface area contributed by atoms with Crippen LogP contribution in [0.2, 0.25) is 0 Å². The smallest absolute Gasteiger partial charge is 0.271 e. The summed E-state index contributed by atoms with van der Waals surface area (Å²) in [5, 5.41) is 6.27. The van der Waals surface area contributed by atoms with Gasteiger partial charge in [-0.3, -0.25) is 9.78 Å². The van der Waals surface area contributed by atoms with Crippen molar-refractivity contribution in [2.45, 2.75) is 12.5 Å². The Bertz CT molecular complexity index is 445. The summed E-state index contributed by atoms with van der Waals surface area (Å²) in [5.74, 6) is 0.958. The number of carbonyl (C=O) groups excluding carboxylic acids is 1. The molecule has 0 radical (unpaired) electrons. The number of rotatable bonds is 3. The van der Waals surface area contributed by atoms with Gasteiger partial charge in [0.05, 0.1) is 18.9 Å². The predicted molar refractivity (Wildman–Crippen MR) is 75.8 cm³/mol. The van der Waals surface area contributed by atoms with Gasteiger partial charge in [0, 0.05) is 31.4 Å². The van der Waals surface area contributed by atoms with Crippen molar-refractivity contribution in [2.75, 3.05) is 26.2 Å². The molecule has 3 atom stereocenters. The Morgan fingerprint density at radius 2 is 2.40 bits per heavy atom. The first-order chi connectivity index (χ1) is 9.34. The van der Waals surface area contributed by atoms with Gasteiger partial charge in [0.1, 0.15) is 5.69 Å². The standard InChI is InChI=1S/C13H18N4O2.ClH/c18-13(11-6-15-3-4-16-11)17-7-12-10-5-14-2-1-9(10)8-19-12;/h3-4,6,9-10,12,14H,1-2,5,7-8H2,(H,17,18);1H/t9-,10-,12+;/m0./s1. The van der Waals surface area contributed by atoms with Crippen molar-refractivity contribution >= 4 is 18.3 Å². The van der Waals surface area contributed by atoms with Gasteiger partial charge in [-0.05, 0) is 18.9 Å². The van der Waals surface area contributed by atoms with Gasteiger partial charge in [0.15, 0.2) is 0 Å². The molecule has 1 amide bonds. The Labute approximate surface area is 124 Å². The number of aromatic nitrogens is 2. The highest BCUT2D eigenvalue weighted by Crippen LogP contribution is 2.30. The number of hydrogen-bond donors (Lipinski definition) is 2. The fourth-order valence-corrected chi connectivity index (χ4v) is 2.86. The maximum Gasteiger partial charge on any atom is 0.271 e. The van der Waals surface area contributed by atoms with Crippen molar-refractivity contribution in [1.82, 2.24) is 20.6 Å². The molecule has 2 fully saturated rings. The lowest BCUT2D eigenvalue weighted by Gasteiger charge is -2.27. The third-order valence-corrected chi connectivity index (χ3v) is 3.94. The molecule has 110 valence electrons. The lowest BCUT2D eigenvalue weighted by atomic mass is 9.85. The van der Waals surface area contributed by atoms with E-state index in [1.165, 1.54) is 18.8 Å². The third-order valence-electron chi connectivity index (χ3n) is 3.94. The monoisotopic (exact) mass is 298 g/mol. The van der Waals surface area contributed by atoms with E-state index in [0.29, 0.717) is 24.1 Å². The number of nitrogens with zero attached hydrogens (tertiary/aromatic N) is 2. The van der Waals surface area contributed by atoms with Crippen LogP contribution in [0.1, 0.15) is 16.9 Å². The molecule has 6 nitrogen and oxygen atoms in total. The molecule has 7 heteroatoms. The molecule has 2 N–H and O–H groups in total. The normalized spacial score (nSPS) is 28.3. The van der Waals surface area contributed by atoms with E-state index in [-0.39, 0.29) is 24.4 Å². The topological polar surface area (TPSA) is 76.1 Å². The van der Waals surface area contributed by atoms with E-state index < -0.39 is 0 Å². The fraction of sp³-hybridized carbons (Fsp3) is 0.615. The molecule has 2 aliphatic rings. The van der Waals surface area contributed by atoms with Gasteiger partial charge in [-0.2, -0.15) is 0 Å². The molecule has 1 aromatic heterocycles. The minimum atomic E-state index is -0.191. The van der Waals surface area contributed by atoms with Crippen LogP contribution in [0, 0.1) is 11.8 Å². The Morgan fingerprint density at radius 1 is 1.50 bits per heavy atom. The van der Waals surface area contributed by atoms with Gasteiger partial charge in [-0.1, -0.05) is 0 Å². The van der Waals surface area contributed by atoms with E-state index in [4.69, 9.17) is 4.74 Å². The second-order valence-corrected chi connectivity index (χ2v) is 5.09. The summed E-state index contributed by atoms with van der Waals surface area (Å²) in [5.41, 5.74) is 0.346. The zero-order valence-electron chi connectivity index (χ0n) is 11.1. The van der Waals surface area contributed by atoms with Crippen LogP contribution >= 0.6 is 12.4 Å². The molecule has 0 saturated carbocycles. The number of nitrogens with one attached hydrogen (secondary N) is 2. The molecule has 0 spiro atoms. The molecule has 1 aromatic rings. The molecule has 0 unspecified atom stereocenters. The quantitative estimate of drug-likeness (QED) is 0.837. The van der Waals surface area contributed by atoms with Crippen LogP contribution in [0.25, 0.3) is 0 Å². The van der Waals surface area contributed by atoms with Crippen molar-refractivity contribution in [3.05, 3.63) is 24.3 Å². The van der Waals surface area contributed by atoms with Crippen molar-refractivity contribution < 1.29 is 9.53 Å². The lowest BCUT2D eigenvalue weighted by Crippen LogP contribution is -2.43. The summed E-state index contributed by atoms with van der Waals surface area (Å²) < 4.78 is 5.80. The maximum atomic E-state index is 11.9. The summed E-state index contributed by atoms with van der Waals surface area (Å²) in [4.78, 5) is 19.7. The number of hydrogen-bond acceptors (Lipinski definition) is 5. The molecule has 2 saturated heterocycles. The molecule has 0 aliphatic carbocycles. The van der Waals surface area contributed by atoms with E-state index in [1.807, 2.05) is 0 Å². The number of fused-ring (bicyclic) bond motifs is 1. The van der Waals surface area contributed by atoms with Crippen molar-refractivity contribution in [3.63, 3.8) is 0 Å². The van der Waals surface area contributed by atoms with Gasteiger partial charge in [0.2, 0.25) is 0 Å². The summed E-state index contributed by atoms with van der Waals surface area (Å²) in [6, 6.07) is 0. The summed E-state index contributed by atoms with van der Waals surface area (Å²) in [6.07, 6.45) is 5.81. The molecule has 2 aliphatic heterocycles. The van der Waals surface area contributed by atoms with Crippen LogP contribution < -0.4 is 10.6 Å². The molecule has 3 heterocycles. The van der Waals surface area contributed by atoms with Gasteiger partial charge in [-0.15, -0.1) is 12.4 Å². The first-order valence-corrected chi connectivity index (χ1v) is 6.71. The minimum absolute atomic E-state index is 0. The fourth-order valence-electron chi connectivity index (χ4n) is 2.86. The third kappa shape index (κ3) is 3.26. The minimum Gasteiger partial charge on any atom is -0.376 e. The molecule has 3 rings (SSSR count). The van der Waals surface area contributed by atoms with E-state index in [1.54, 1.807) is 6.20 Å². The Balaban J connectivity index is 0.00000147. The highest BCUT2D eigenvalue weighted by atomic mass is 35.5. The van der Waals surface area contributed by atoms with E-state index in [2.05, 4.69) is 20.6 Å². The van der Waals surface area contributed by atoms with Crippen LogP contribution in [0.5, 0.6) is 0 Å². The van der Waals surface area contributed by atoms with Gasteiger partial charge in [-0.25, -0.2) is 4.98 Å². The number of ether oxygens (including phenoxy) is 1. The largest absolute Gasteiger partial charge is 0.376 e. The number of halogens is 1. The molecular weight excluding hydrogens is 280 g/mol. The number of piperidine rings is 1. The van der Waals surface area contributed by atoms with Crippen molar-refractivity contribution in [3.8, 4) is 0 Å². The first-order valence-electron chi connectivity index (χ1n) is 6.71. The maximum absolute atomic E-state index is 11.9. The van der Waals surface area contributed by atoms with Crippen LogP contribution in [-0.2, 0) is 4.74 Å². The SMILES string of the molecule is Cl.O=C(NC[C@H]1OC[C@@H]2CCNC[C@@H]21)c1cnccn1. The highest BCUT2D eigenvalue weighted by Gasteiger charge is 2.38.